The van der Waals surface area contributed by atoms with Crippen molar-refractivity contribution in [2.45, 2.75) is 25.7 Å². The third-order valence-electron chi connectivity index (χ3n) is 4.18. The van der Waals surface area contributed by atoms with E-state index >= 15 is 0 Å². The van der Waals surface area contributed by atoms with Crippen molar-refractivity contribution in [3.05, 3.63) is 35.3 Å². The Morgan fingerprint density at radius 1 is 1.35 bits per heavy atom. The summed E-state index contributed by atoms with van der Waals surface area (Å²) in [6.07, 6.45) is 2.03. The molecule has 0 saturated carbocycles. The normalized spacial score (nSPS) is 18.0. The number of aromatic amines is 1. The number of carbonyl (C=O) groups is 1. The summed E-state index contributed by atoms with van der Waals surface area (Å²) >= 11 is 0. The minimum absolute atomic E-state index is 0.0558. The second-order valence-corrected chi connectivity index (χ2v) is 6.24. The quantitative estimate of drug-likeness (QED) is 0.931. The molecule has 1 aliphatic heterocycles. The maximum absolute atomic E-state index is 12.6. The monoisotopic (exact) mass is 314 g/mol. The Morgan fingerprint density at radius 2 is 2.17 bits per heavy atom. The van der Waals surface area contributed by atoms with Gasteiger partial charge in [-0.25, -0.2) is 0 Å². The number of piperidine rings is 1. The van der Waals surface area contributed by atoms with Crippen LogP contribution in [0.5, 0.6) is 0 Å². The molecule has 1 fully saturated rings. The maximum atomic E-state index is 12.6. The molecule has 2 aromatic heterocycles. The van der Waals surface area contributed by atoms with Crippen LogP contribution < -0.4 is 4.90 Å². The molecule has 7 nitrogen and oxygen atoms in total. The Hall–Kier alpha value is -2.44. The third-order valence-corrected chi connectivity index (χ3v) is 4.18. The molecule has 1 unspecified atom stereocenters. The van der Waals surface area contributed by atoms with Crippen molar-refractivity contribution in [1.29, 1.82) is 0 Å². The van der Waals surface area contributed by atoms with Gasteiger partial charge >= 0.3 is 0 Å². The first kappa shape index (κ1) is 15.5. The van der Waals surface area contributed by atoms with Gasteiger partial charge in [0.1, 0.15) is 0 Å². The SMILES string of the molecule is Cc1cc(C2CCCN(C(=O)c3ccc(N(C)C)nn3)C2)n[nH]1. The van der Waals surface area contributed by atoms with Gasteiger partial charge < -0.3 is 9.80 Å². The molecular weight excluding hydrogens is 292 g/mol. The van der Waals surface area contributed by atoms with E-state index in [4.69, 9.17) is 0 Å². The standard InChI is InChI=1S/C16H22N6O/c1-11-9-14(19-17-11)12-5-4-8-22(10-12)16(23)13-6-7-15(20-18-13)21(2)3/h6-7,9,12H,4-5,8,10H2,1-3H3,(H,17,19). The lowest BCUT2D eigenvalue weighted by atomic mass is 9.94. The van der Waals surface area contributed by atoms with Gasteiger partial charge in [-0.15, -0.1) is 10.2 Å². The van der Waals surface area contributed by atoms with Crippen LogP contribution in [-0.2, 0) is 0 Å². The molecule has 23 heavy (non-hydrogen) atoms. The number of hydrogen-bond acceptors (Lipinski definition) is 5. The molecule has 3 heterocycles. The summed E-state index contributed by atoms with van der Waals surface area (Å²) in [6.45, 7) is 3.43. The number of nitrogens with one attached hydrogen (secondary N) is 1. The van der Waals surface area contributed by atoms with Gasteiger partial charge in [-0.05, 0) is 38.0 Å². The molecule has 0 aliphatic carbocycles. The van der Waals surface area contributed by atoms with Crippen LogP contribution in [0.1, 0.15) is 40.6 Å². The van der Waals surface area contributed by atoms with Crippen LogP contribution in [0.4, 0.5) is 5.82 Å². The van der Waals surface area contributed by atoms with Crippen molar-refractivity contribution in [2.75, 3.05) is 32.1 Å². The van der Waals surface area contributed by atoms with Crippen molar-refractivity contribution in [3.63, 3.8) is 0 Å². The van der Waals surface area contributed by atoms with Gasteiger partial charge in [0.25, 0.3) is 5.91 Å². The Morgan fingerprint density at radius 3 is 2.78 bits per heavy atom. The van der Waals surface area contributed by atoms with E-state index < -0.39 is 0 Å². The first-order valence-electron chi connectivity index (χ1n) is 7.87. The summed E-state index contributed by atoms with van der Waals surface area (Å²) < 4.78 is 0. The number of carbonyl (C=O) groups excluding carboxylic acids is 1. The highest BCUT2D eigenvalue weighted by Gasteiger charge is 2.27. The summed E-state index contributed by atoms with van der Waals surface area (Å²) in [7, 11) is 3.79. The summed E-state index contributed by atoms with van der Waals surface area (Å²) in [5, 5.41) is 15.5. The minimum atomic E-state index is -0.0558. The highest BCUT2D eigenvalue weighted by Crippen LogP contribution is 2.26. The van der Waals surface area contributed by atoms with Gasteiger partial charge in [-0.3, -0.25) is 9.89 Å². The van der Waals surface area contributed by atoms with E-state index in [1.54, 1.807) is 6.07 Å². The van der Waals surface area contributed by atoms with E-state index in [0.717, 1.165) is 36.6 Å². The van der Waals surface area contributed by atoms with Crippen LogP contribution in [0.15, 0.2) is 18.2 Å². The molecule has 1 atom stereocenters. The minimum Gasteiger partial charge on any atom is -0.361 e. The number of anilines is 1. The Kier molecular flexibility index (Phi) is 4.27. The molecule has 0 spiro atoms. The zero-order valence-corrected chi connectivity index (χ0v) is 13.8. The first-order chi connectivity index (χ1) is 11.0. The van der Waals surface area contributed by atoms with E-state index in [-0.39, 0.29) is 11.8 Å². The molecule has 7 heteroatoms. The average Bonchev–Trinajstić information content (AvgIpc) is 3.01. The van der Waals surface area contributed by atoms with Crippen molar-refractivity contribution in [1.82, 2.24) is 25.3 Å². The number of H-pyrrole nitrogens is 1. The van der Waals surface area contributed by atoms with Crippen molar-refractivity contribution >= 4 is 11.7 Å². The summed E-state index contributed by atoms with van der Waals surface area (Å²) in [5.41, 5.74) is 2.48. The third kappa shape index (κ3) is 3.33. The molecule has 0 aromatic carbocycles. The lowest BCUT2D eigenvalue weighted by molar-refractivity contribution is 0.0698. The number of hydrogen-bond donors (Lipinski definition) is 1. The van der Waals surface area contributed by atoms with Crippen LogP contribution in [0.25, 0.3) is 0 Å². The molecule has 122 valence electrons. The molecule has 1 amide bonds. The maximum Gasteiger partial charge on any atom is 0.274 e. The fourth-order valence-electron chi connectivity index (χ4n) is 2.89. The highest BCUT2D eigenvalue weighted by atomic mass is 16.2. The van der Waals surface area contributed by atoms with Gasteiger partial charge in [-0.1, -0.05) is 0 Å². The molecule has 1 N–H and O–H groups in total. The number of aromatic nitrogens is 4. The van der Waals surface area contributed by atoms with Gasteiger partial charge in [0.2, 0.25) is 0 Å². The van der Waals surface area contributed by atoms with Crippen LogP contribution in [0.2, 0.25) is 0 Å². The van der Waals surface area contributed by atoms with E-state index in [1.165, 1.54) is 0 Å². The molecule has 3 rings (SSSR count). The van der Waals surface area contributed by atoms with Crippen LogP contribution in [0.3, 0.4) is 0 Å². The van der Waals surface area contributed by atoms with Gasteiger partial charge in [-0.2, -0.15) is 5.10 Å². The number of rotatable bonds is 3. The van der Waals surface area contributed by atoms with Crippen LogP contribution >= 0.6 is 0 Å². The van der Waals surface area contributed by atoms with Crippen LogP contribution in [0, 0.1) is 6.92 Å². The Labute approximate surface area is 135 Å². The molecule has 2 aromatic rings. The van der Waals surface area contributed by atoms with Crippen molar-refractivity contribution in [3.8, 4) is 0 Å². The van der Waals surface area contributed by atoms with Crippen LogP contribution in [-0.4, -0.2) is 58.4 Å². The van der Waals surface area contributed by atoms with E-state index in [0.29, 0.717) is 12.2 Å². The van der Waals surface area contributed by atoms with E-state index in [2.05, 4.69) is 26.5 Å². The zero-order chi connectivity index (χ0) is 16.4. The number of amides is 1. The van der Waals surface area contributed by atoms with Crippen molar-refractivity contribution < 1.29 is 4.79 Å². The molecule has 1 aliphatic rings. The van der Waals surface area contributed by atoms with Gasteiger partial charge in [0.05, 0.1) is 5.69 Å². The fraction of sp³-hybridized carbons (Fsp3) is 0.500. The lowest BCUT2D eigenvalue weighted by Crippen LogP contribution is -2.39. The molecular formula is C16H22N6O. The Balaban J connectivity index is 1.71. The number of likely N-dealkylation sites (tertiary alicyclic amines) is 1. The molecule has 0 radical (unpaired) electrons. The number of nitrogens with zero attached hydrogens (tertiary/aromatic N) is 5. The highest BCUT2D eigenvalue weighted by molar-refractivity contribution is 5.92. The average molecular weight is 314 g/mol. The van der Waals surface area contributed by atoms with Gasteiger partial charge in [0, 0.05) is 38.8 Å². The first-order valence-corrected chi connectivity index (χ1v) is 7.87. The topological polar surface area (TPSA) is 78.0 Å². The predicted molar refractivity (Wildman–Crippen MR) is 87.6 cm³/mol. The summed E-state index contributed by atoms with van der Waals surface area (Å²) in [5.74, 6) is 0.969. The lowest BCUT2D eigenvalue weighted by Gasteiger charge is -2.31. The van der Waals surface area contributed by atoms with Crippen molar-refractivity contribution in [2.24, 2.45) is 0 Å². The Bertz CT molecular complexity index is 678. The molecule has 0 bridgehead atoms. The van der Waals surface area contributed by atoms with Gasteiger partial charge in [0.15, 0.2) is 11.5 Å². The van der Waals surface area contributed by atoms with E-state index in [9.17, 15) is 4.79 Å². The fourth-order valence-corrected chi connectivity index (χ4v) is 2.89. The summed E-state index contributed by atoms with van der Waals surface area (Å²) in [6, 6.07) is 5.62. The largest absolute Gasteiger partial charge is 0.361 e. The second kappa shape index (κ2) is 6.36. The molecule has 1 saturated heterocycles. The number of aryl methyl sites for hydroxylation is 1. The summed E-state index contributed by atoms with van der Waals surface area (Å²) in [4.78, 5) is 16.4. The predicted octanol–water partition coefficient (Wildman–Crippen LogP) is 1.59. The zero-order valence-electron chi connectivity index (χ0n) is 13.8. The second-order valence-electron chi connectivity index (χ2n) is 6.24. The smallest absolute Gasteiger partial charge is 0.274 e. The van der Waals surface area contributed by atoms with E-state index in [1.807, 2.05) is 36.9 Å².